The maximum Gasteiger partial charge on any atom is 0.0367 e. The minimum Gasteiger partial charge on any atom is -0.308 e. The second-order valence-corrected chi connectivity index (χ2v) is 5.80. The summed E-state index contributed by atoms with van der Waals surface area (Å²) in [7, 11) is 0. The molecule has 2 aliphatic carbocycles. The van der Waals surface area contributed by atoms with Gasteiger partial charge in [-0.1, -0.05) is 12.5 Å². The van der Waals surface area contributed by atoms with Crippen LogP contribution in [0.3, 0.4) is 0 Å². The molecule has 0 aromatic carbocycles. The van der Waals surface area contributed by atoms with Crippen molar-refractivity contribution in [1.82, 2.24) is 5.32 Å². The van der Waals surface area contributed by atoms with E-state index in [-0.39, 0.29) is 0 Å². The molecule has 3 rings (SSSR count). The van der Waals surface area contributed by atoms with Crippen LogP contribution < -0.4 is 5.32 Å². The van der Waals surface area contributed by atoms with Crippen molar-refractivity contribution in [3.05, 3.63) is 12.7 Å². The van der Waals surface area contributed by atoms with E-state index in [0.717, 1.165) is 17.8 Å². The maximum absolute atomic E-state index is 4.06. The fraction of sp³-hybridized carbons (Fsp3) is 0.846. The highest BCUT2D eigenvalue weighted by atomic mass is 15.0. The lowest BCUT2D eigenvalue weighted by atomic mass is 9.70. The third-order valence-corrected chi connectivity index (χ3v) is 4.76. The van der Waals surface area contributed by atoms with E-state index in [2.05, 4.69) is 18.0 Å². The van der Waals surface area contributed by atoms with Crippen LogP contribution in [0, 0.1) is 17.8 Å². The molecule has 0 radical (unpaired) electrons. The topological polar surface area (TPSA) is 12.0 Å². The van der Waals surface area contributed by atoms with Crippen LogP contribution in [0.5, 0.6) is 0 Å². The SMILES string of the molecule is C=C[C@]12CC3C[C@H](CC[C@H](C3)C1)CN2. The summed E-state index contributed by atoms with van der Waals surface area (Å²) in [4.78, 5) is 0. The fourth-order valence-electron chi connectivity index (χ4n) is 4.13. The van der Waals surface area contributed by atoms with Gasteiger partial charge in [0.1, 0.15) is 0 Å². The van der Waals surface area contributed by atoms with E-state index in [1.807, 2.05) is 0 Å². The first kappa shape index (κ1) is 8.96. The molecule has 1 saturated heterocycles. The predicted molar refractivity (Wildman–Crippen MR) is 59.1 cm³/mol. The van der Waals surface area contributed by atoms with E-state index >= 15 is 0 Å². The molecule has 4 bridgehead atoms. The molecule has 2 saturated carbocycles. The van der Waals surface area contributed by atoms with Gasteiger partial charge in [-0.25, -0.2) is 0 Å². The van der Waals surface area contributed by atoms with Crippen LogP contribution in [0.4, 0.5) is 0 Å². The van der Waals surface area contributed by atoms with Crippen molar-refractivity contribution in [3.8, 4) is 0 Å². The molecular formula is C13H21N. The lowest BCUT2D eigenvalue weighted by Crippen LogP contribution is -2.49. The Labute approximate surface area is 87.0 Å². The standard InChI is InChI=1S/C13H21N/c1-2-13-7-10-3-4-11(9-14-13)6-12(5-10)8-13/h2,10-12,14H,1,3-9H2/t10-,11+,12?,13-/m1/s1. The Balaban J connectivity index is 1.94. The van der Waals surface area contributed by atoms with Crippen molar-refractivity contribution < 1.29 is 0 Å². The molecule has 3 fully saturated rings. The highest BCUT2D eigenvalue weighted by Gasteiger charge is 2.43. The van der Waals surface area contributed by atoms with Crippen LogP contribution in [0.25, 0.3) is 0 Å². The Hall–Kier alpha value is -0.300. The molecule has 1 heteroatoms. The van der Waals surface area contributed by atoms with E-state index in [4.69, 9.17) is 0 Å². The zero-order chi connectivity index (χ0) is 9.60. The first-order valence-electron chi connectivity index (χ1n) is 6.18. The lowest BCUT2D eigenvalue weighted by Gasteiger charge is -2.42. The van der Waals surface area contributed by atoms with E-state index in [1.54, 1.807) is 0 Å². The average Bonchev–Trinajstić information content (AvgIpc) is 2.41. The van der Waals surface area contributed by atoms with Crippen LogP contribution in [-0.4, -0.2) is 12.1 Å². The number of hydrogen-bond donors (Lipinski definition) is 1. The highest BCUT2D eigenvalue weighted by Crippen LogP contribution is 2.47. The maximum atomic E-state index is 4.06. The van der Waals surface area contributed by atoms with Crippen LogP contribution in [0.2, 0.25) is 0 Å². The molecule has 0 amide bonds. The summed E-state index contributed by atoms with van der Waals surface area (Å²) in [6.45, 7) is 5.30. The van der Waals surface area contributed by atoms with Gasteiger partial charge in [0.05, 0.1) is 0 Å². The summed E-state index contributed by atoms with van der Waals surface area (Å²) in [5.41, 5.74) is 0.322. The Morgan fingerprint density at radius 1 is 1.07 bits per heavy atom. The van der Waals surface area contributed by atoms with Crippen LogP contribution in [-0.2, 0) is 0 Å². The number of hydrogen-bond acceptors (Lipinski definition) is 1. The molecule has 1 N–H and O–H groups in total. The predicted octanol–water partition coefficient (Wildman–Crippen LogP) is 2.73. The Morgan fingerprint density at radius 3 is 2.64 bits per heavy atom. The van der Waals surface area contributed by atoms with Gasteiger partial charge >= 0.3 is 0 Å². The van der Waals surface area contributed by atoms with Gasteiger partial charge in [0.15, 0.2) is 0 Å². The summed E-state index contributed by atoms with van der Waals surface area (Å²) in [6, 6.07) is 0. The Morgan fingerprint density at radius 2 is 1.79 bits per heavy atom. The molecule has 0 aromatic rings. The van der Waals surface area contributed by atoms with Crippen LogP contribution in [0.15, 0.2) is 12.7 Å². The highest BCUT2D eigenvalue weighted by molar-refractivity contribution is 5.10. The van der Waals surface area contributed by atoms with Gasteiger partial charge < -0.3 is 5.32 Å². The molecule has 1 heterocycles. The second kappa shape index (κ2) is 3.10. The Kier molecular flexibility index (Phi) is 1.98. The second-order valence-electron chi connectivity index (χ2n) is 5.80. The van der Waals surface area contributed by atoms with E-state index in [1.165, 1.54) is 45.1 Å². The molecule has 78 valence electrons. The smallest absolute Gasteiger partial charge is 0.0367 e. The number of nitrogens with one attached hydrogen (secondary N) is 1. The summed E-state index contributed by atoms with van der Waals surface area (Å²) in [5.74, 6) is 2.95. The zero-order valence-corrected chi connectivity index (χ0v) is 8.97. The molecule has 1 unspecified atom stereocenters. The minimum absolute atomic E-state index is 0.322. The minimum atomic E-state index is 0.322. The first-order chi connectivity index (χ1) is 6.80. The summed E-state index contributed by atoms with van der Waals surface area (Å²) < 4.78 is 0. The molecule has 0 spiro atoms. The van der Waals surface area contributed by atoms with Gasteiger partial charge in [0.2, 0.25) is 0 Å². The quantitative estimate of drug-likeness (QED) is 0.628. The number of fused-ring (bicyclic) bond motifs is 3. The van der Waals surface area contributed by atoms with Gasteiger partial charge in [0.25, 0.3) is 0 Å². The molecule has 1 nitrogen and oxygen atoms in total. The van der Waals surface area contributed by atoms with Crippen molar-refractivity contribution >= 4 is 0 Å². The van der Waals surface area contributed by atoms with Crippen molar-refractivity contribution in [1.29, 1.82) is 0 Å². The van der Waals surface area contributed by atoms with Crippen molar-refractivity contribution in [2.24, 2.45) is 17.8 Å². The molecular weight excluding hydrogens is 170 g/mol. The first-order valence-corrected chi connectivity index (χ1v) is 6.18. The van der Waals surface area contributed by atoms with E-state index in [0.29, 0.717) is 5.54 Å². The van der Waals surface area contributed by atoms with Crippen molar-refractivity contribution in [3.63, 3.8) is 0 Å². The number of rotatable bonds is 1. The van der Waals surface area contributed by atoms with Crippen molar-refractivity contribution in [2.45, 2.75) is 44.1 Å². The molecule has 0 aromatic heterocycles. The van der Waals surface area contributed by atoms with Crippen LogP contribution in [0.1, 0.15) is 38.5 Å². The monoisotopic (exact) mass is 191 g/mol. The van der Waals surface area contributed by atoms with Gasteiger partial charge in [-0.3, -0.25) is 0 Å². The van der Waals surface area contributed by atoms with Gasteiger partial charge in [0, 0.05) is 5.54 Å². The lowest BCUT2D eigenvalue weighted by molar-refractivity contribution is 0.176. The zero-order valence-electron chi connectivity index (χ0n) is 8.97. The van der Waals surface area contributed by atoms with E-state index in [9.17, 15) is 0 Å². The Bertz CT molecular complexity index is 244. The fourth-order valence-corrected chi connectivity index (χ4v) is 4.13. The molecule has 14 heavy (non-hydrogen) atoms. The van der Waals surface area contributed by atoms with Gasteiger partial charge in [-0.05, 0) is 56.4 Å². The molecule has 4 atom stereocenters. The van der Waals surface area contributed by atoms with Gasteiger partial charge in [-0.15, -0.1) is 6.58 Å². The van der Waals surface area contributed by atoms with Gasteiger partial charge in [-0.2, -0.15) is 0 Å². The molecule has 3 aliphatic rings. The largest absolute Gasteiger partial charge is 0.308 e. The summed E-state index contributed by atoms with van der Waals surface area (Å²) >= 11 is 0. The average molecular weight is 191 g/mol. The normalized spacial score (nSPS) is 51.3. The molecule has 1 aliphatic heterocycles. The van der Waals surface area contributed by atoms with Crippen molar-refractivity contribution in [2.75, 3.05) is 6.54 Å². The van der Waals surface area contributed by atoms with E-state index < -0.39 is 0 Å². The third kappa shape index (κ3) is 1.33. The summed E-state index contributed by atoms with van der Waals surface area (Å²) in [6.07, 6.45) is 10.9. The van der Waals surface area contributed by atoms with Crippen LogP contribution >= 0.6 is 0 Å². The summed E-state index contributed by atoms with van der Waals surface area (Å²) in [5, 5.41) is 3.79. The third-order valence-electron chi connectivity index (χ3n) is 4.76.